The van der Waals surface area contributed by atoms with Crippen LogP contribution < -0.4 is 0 Å². The largest absolute Gasteiger partial charge is 0.507 e. The van der Waals surface area contributed by atoms with Crippen LogP contribution in [0.3, 0.4) is 0 Å². The van der Waals surface area contributed by atoms with E-state index < -0.39 is 0 Å². The van der Waals surface area contributed by atoms with E-state index in [9.17, 15) is 5.11 Å². The molecule has 0 aliphatic carbocycles. The first-order valence-electron chi connectivity index (χ1n) is 8.47. The highest BCUT2D eigenvalue weighted by molar-refractivity contribution is 5.61. The number of likely N-dealkylation sites (tertiary alicyclic amines) is 1. The minimum Gasteiger partial charge on any atom is -0.507 e. The second-order valence-corrected chi connectivity index (χ2v) is 6.76. The van der Waals surface area contributed by atoms with E-state index in [0.717, 1.165) is 31.8 Å². The molecule has 0 radical (unpaired) electrons. The summed E-state index contributed by atoms with van der Waals surface area (Å²) in [5, 5.41) is 18.2. The zero-order valence-corrected chi connectivity index (χ0v) is 13.9. The van der Waals surface area contributed by atoms with Crippen LogP contribution in [0.5, 0.6) is 5.75 Å². The lowest BCUT2D eigenvalue weighted by atomic mass is 9.96. The van der Waals surface area contributed by atoms with Crippen LogP contribution in [-0.4, -0.2) is 39.8 Å². The number of phenols is 1. The molecule has 5 nitrogen and oxygen atoms in total. The van der Waals surface area contributed by atoms with Crippen LogP contribution in [0.15, 0.2) is 28.7 Å². The normalized spacial score (nSPS) is 17.0. The van der Waals surface area contributed by atoms with Gasteiger partial charge in [0.15, 0.2) is 0 Å². The number of hydrogen-bond acceptors (Lipinski definition) is 5. The van der Waals surface area contributed by atoms with E-state index in [1.54, 1.807) is 18.2 Å². The molecule has 1 fully saturated rings. The third kappa shape index (κ3) is 3.91. The number of phenolic OH excluding ortho intramolecular Hbond substituents is 1. The van der Waals surface area contributed by atoms with Crippen molar-refractivity contribution in [2.24, 2.45) is 5.92 Å². The highest BCUT2D eigenvalue weighted by atomic mass is 16.4. The Morgan fingerprint density at radius 1 is 1.22 bits per heavy atom. The average Bonchev–Trinajstić information content (AvgIpc) is 3.03. The van der Waals surface area contributed by atoms with Crippen LogP contribution in [0.1, 0.15) is 44.9 Å². The Bertz CT molecular complexity index is 631. The molecule has 0 amide bonds. The van der Waals surface area contributed by atoms with E-state index >= 15 is 0 Å². The van der Waals surface area contributed by atoms with E-state index in [0.29, 0.717) is 23.3 Å². The van der Waals surface area contributed by atoms with Gasteiger partial charge < -0.3 is 14.4 Å². The molecule has 1 aliphatic heterocycles. The van der Waals surface area contributed by atoms with Gasteiger partial charge in [0, 0.05) is 5.92 Å². The number of hydrogen-bond donors (Lipinski definition) is 1. The summed E-state index contributed by atoms with van der Waals surface area (Å²) in [5.74, 6) is 2.36. The Balaban J connectivity index is 1.61. The highest BCUT2D eigenvalue weighted by Crippen LogP contribution is 2.32. The zero-order valence-electron chi connectivity index (χ0n) is 13.9. The summed E-state index contributed by atoms with van der Waals surface area (Å²) in [6, 6.07) is 7.06. The Morgan fingerprint density at radius 3 is 2.65 bits per heavy atom. The molecule has 5 heteroatoms. The summed E-state index contributed by atoms with van der Waals surface area (Å²) in [6.45, 7) is 7.90. The summed E-state index contributed by atoms with van der Waals surface area (Å²) in [5.41, 5.74) is 0.598. The summed E-state index contributed by atoms with van der Waals surface area (Å²) in [7, 11) is 0. The van der Waals surface area contributed by atoms with E-state index in [1.807, 2.05) is 6.07 Å². The second kappa shape index (κ2) is 7.13. The lowest BCUT2D eigenvalue weighted by Crippen LogP contribution is -2.34. The van der Waals surface area contributed by atoms with Gasteiger partial charge in [-0.2, -0.15) is 0 Å². The Hall–Kier alpha value is -1.88. The van der Waals surface area contributed by atoms with Gasteiger partial charge in [-0.25, -0.2) is 0 Å². The predicted molar refractivity (Wildman–Crippen MR) is 89.3 cm³/mol. The second-order valence-electron chi connectivity index (χ2n) is 6.76. The molecular weight excluding hydrogens is 290 g/mol. The van der Waals surface area contributed by atoms with Gasteiger partial charge in [0.1, 0.15) is 5.75 Å². The highest BCUT2D eigenvalue weighted by Gasteiger charge is 2.25. The van der Waals surface area contributed by atoms with Crippen molar-refractivity contribution >= 4 is 0 Å². The molecule has 0 bridgehead atoms. The van der Waals surface area contributed by atoms with Gasteiger partial charge in [0.05, 0.1) is 5.56 Å². The fourth-order valence-corrected chi connectivity index (χ4v) is 3.01. The van der Waals surface area contributed by atoms with Crippen molar-refractivity contribution in [3.8, 4) is 17.2 Å². The lowest BCUT2D eigenvalue weighted by Gasteiger charge is -2.30. The maximum Gasteiger partial charge on any atom is 0.251 e. The lowest BCUT2D eigenvalue weighted by molar-refractivity contribution is 0.191. The SMILES string of the molecule is CC(C)CCN1CCC(c2nnc(-c3ccccc3O)o2)CC1. The Labute approximate surface area is 137 Å². The zero-order chi connectivity index (χ0) is 16.2. The van der Waals surface area contributed by atoms with Crippen LogP contribution in [0.25, 0.3) is 11.5 Å². The first-order chi connectivity index (χ1) is 11.1. The first kappa shape index (κ1) is 16.0. The molecule has 2 aromatic rings. The fourth-order valence-electron chi connectivity index (χ4n) is 3.01. The minimum atomic E-state index is 0.172. The van der Waals surface area contributed by atoms with E-state index in [4.69, 9.17) is 4.42 Å². The number of aromatic hydroxyl groups is 1. The molecule has 1 aromatic heterocycles. The molecular formula is C18H25N3O2. The quantitative estimate of drug-likeness (QED) is 0.912. The van der Waals surface area contributed by atoms with Gasteiger partial charge in [-0.1, -0.05) is 26.0 Å². The molecule has 2 heterocycles. The monoisotopic (exact) mass is 315 g/mol. The summed E-state index contributed by atoms with van der Waals surface area (Å²) >= 11 is 0. The van der Waals surface area contributed by atoms with Crippen molar-refractivity contribution < 1.29 is 9.52 Å². The number of nitrogens with zero attached hydrogens (tertiary/aromatic N) is 3. The minimum absolute atomic E-state index is 0.172. The standard InChI is InChI=1S/C18H25N3O2/c1-13(2)7-10-21-11-8-14(9-12-21)17-19-20-18(23-17)15-5-3-4-6-16(15)22/h3-6,13-14,22H,7-12H2,1-2H3. The van der Waals surface area contributed by atoms with Gasteiger partial charge in [-0.15, -0.1) is 10.2 Å². The van der Waals surface area contributed by atoms with Gasteiger partial charge in [0.2, 0.25) is 5.89 Å². The fraction of sp³-hybridized carbons (Fsp3) is 0.556. The molecule has 0 spiro atoms. The first-order valence-corrected chi connectivity index (χ1v) is 8.47. The number of aromatic nitrogens is 2. The predicted octanol–water partition coefficient (Wildman–Crippen LogP) is 3.67. The third-order valence-corrected chi connectivity index (χ3v) is 4.53. The summed E-state index contributed by atoms with van der Waals surface area (Å²) in [6.07, 6.45) is 3.36. The van der Waals surface area contributed by atoms with Gasteiger partial charge in [-0.3, -0.25) is 0 Å². The molecule has 1 aliphatic rings. The van der Waals surface area contributed by atoms with Crippen molar-refractivity contribution in [1.29, 1.82) is 0 Å². The number of piperidine rings is 1. The smallest absolute Gasteiger partial charge is 0.251 e. The molecule has 0 saturated carbocycles. The van der Waals surface area contributed by atoms with Crippen molar-refractivity contribution in [2.45, 2.75) is 39.0 Å². The molecule has 3 rings (SSSR count). The summed E-state index contributed by atoms with van der Waals surface area (Å²) < 4.78 is 5.82. The van der Waals surface area contributed by atoms with Crippen molar-refractivity contribution in [2.75, 3.05) is 19.6 Å². The van der Waals surface area contributed by atoms with E-state index in [-0.39, 0.29) is 5.75 Å². The van der Waals surface area contributed by atoms with Gasteiger partial charge in [-0.05, 0) is 56.9 Å². The molecule has 1 N–H and O–H groups in total. The Morgan fingerprint density at radius 2 is 1.96 bits per heavy atom. The van der Waals surface area contributed by atoms with Crippen molar-refractivity contribution in [3.63, 3.8) is 0 Å². The molecule has 0 unspecified atom stereocenters. The van der Waals surface area contributed by atoms with E-state index in [2.05, 4.69) is 28.9 Å². The van der Waals surface area contributed by atoms with Crippen LogP contribution in [-0.2, 0) is 0 Å². The molecule has 23 heavy (non-hydrogen) atoms. The number of rotatable bonds is 5. The number of benzene rings is 1. The third-order valence-electron chi connectivity index (χ3n) is 4.53. The molecule has 1 saturated heterocycles. The summed E-state index contributed by atoms with van der Waals surface area (Å²) in [4.78, 5) is 2.52. The Kier molecular flexibility index (Phi) is 4.96. The van der Waals surface area contributed by atoms with Crippen LogP contribution >= 0.6 is 0 Å². The van der Waals surface area contributed by atoms with E-state index in [1.165, 1.54) is 13.0 Å². The maximum absolute atomic E-state index is 9.89. The van der Waals surface area contributed by atoms with Crippen LogP contribution in [0.2, 0.25) is 0 Å². The topological polar surface area (TPSA) is 62.4 Å². The maximum atomic E-state index is 9.89. The van der Waals surface area contributed by atoms with Crippen LogP contribution in [0.4, 0.5) is 0 Å². The van der Waals surface area contributed by atoms with Gasteiger partial charge >= 0.3 is 0 Å². The molecule has 1 aromatic carbocycles. The van der Waals surface area contributed by atoms with Gasteiger partial charge in [0.25, 0.3) is 5.89 Å². The molecule has 0 atom stereocenters. The van der Waals surface area contributed by atoms with Crippen molar-refractivity contribution in [3.05, 3.63) is 30.2 Å². The van der Waals surface area contributed by atoms with Crippen molar-refractivity contribution in [1.82, 2.24) is 15.1 Å². The average molecular weight is 315 g/mol. The molecule has 124 valence electrons. The van der Waals surface area contributed by atoms with Crippen LogP contribution in [0, 0.1) is 5.92 Å². The number of para-hydroxylation sites is 1.